The monoisotopic (exact) mass is 348 g/mol. The molecule has 128 valence electrons. The first-order chi connectivity index (χ1) is 12.6. The van der Waals surface area contributed by atoms with Crippen LogP contribution >= 0.6 is 0 Å². The normalized spacial score (nSPS) is 16.2. The van der Waals surface area contributed by atoms with Gasteiger partial charge in [-0.2, -0.15) is 0 Å². The van der Waals surface area contributed by atoms with Crippen LogP contribution in [0.2, 0.25) is 0 Å². The van der Waals surface area contributed by atoms with Crippen molar-refractivity contribution in [1.82, 2.24) is 0 Å². The third-order valence-electron chi connectivity index (χ3n) is 4.45. The lowest BCUT2D eigenvalue weighted by atomic mass is 10.0. The predicted molar refractivity (Wildman–Crippen MR) is 92.7 cm³/mol. The molecule has 0 unspecified atom stereocenters. The van der Waals surface area contributed by atoms with Gasteiger partial charge in [0.1, 0.15) is 11.3 Å². The number of carbonyl (C=O) groups excluding carboxylic acids is 1. The number of fused-ring (bicyclic) bond motifs is 4. The van der Waals surface area contributed by atoms with Gasteiger partial charge in [0.05, 0.1) is 0 Å². The molecule has 0 amide bonds. The van der Waals surface area contributed by atoms with Gasteiger partial charge >= 0.3 is 5.63 Å². The van der Waals surface area contributed by atoms with Crippen LogP contribution in [0, 0.1) is 6.92 Å². The molecule has 0 spiro atoms. The maximum atomic E-state index is 12.9. The molecule has 0 bridgehead atoms. The van der Waals surface area contributed by atoms with Crippen LogP contribution < -0.4 is 19.8 Å². The Hall–Kier alpha value is -3.54. The standard InChI is InChI=1S/C20H12O6/c1-10-6-17(21)26-20-12(10)3-5-14-18(20)19(22)16(25-14)8-11-2-4-13-15(7-11)24-9-23-13/h2-8H,9H2,1H3/b16-8-. The first-order valence-electron chi connectivity index (χ1n) is 8.01. The summed E-state index contributed by atoms with van der Waals surface area (Å²) < 4.78 is 21.6. The Kier molecular flexibility index (Phi) is 2.97. The fourth-order valence-electron chi connectivity index (χ4n) is 3.20. The summed E-state index contributed by atoms with van der Waals surface area (Å²) in [7, 11) is 0. The molecular formula is C20H12O6. The molecule has 0 aliphatic carbocycles. The first kappa shape index (κ1) is 14.8. The van der Waals surface area contributed by atoms with Crippen molar-refractivity contribution in [1.29, 1.82) is 0 Å². The Labute approximate surface area is 147 Å². The second-order valence-electron chi connectivity index (χ2n) is 6.12. The minimum atomic E-state index is -0.496. The second-order valence-corrected chi connectivity index (χ2v) is 6.12. The number of ketones is 1. The van der Waals surface area contributed by atoms with E-state index in [2.05, 4.69) is 0 Å². The molecule has 0 saturated carbocycles. The van der Waals surface area contributed by atoms with Crippen LogP contribution in [0.15, 0.2) is 51.4 Å². The largest absolute Gasteiger partial charge is 0.454 e. The Morgan fingerprint density at radius 1 is 0.962 bits per heavy atom. The number of ether oxygens (including phenoxy) is 3. The third-order valence-corrected chi connectivity index (χ3v) is 4.45. The van der Waals surface area contributed by atoms with Crippen molar-refractivity contribution in [2.75, 3.05) is 6.79 Å². The molecule has 0 radical (unpaired) electrons. The molecule has 6 nitrogen and oxygen atoms in total. The predicted octanol–water partition coefficient (Wildman–Crippen LogP) is 3.45. The number of aryl methyl sites for hydroxylation is 1. The Balaban J connectivity index is 1.62. The summed E-state index contributed by atoms with van der Waals surface area (Å²) in [6.07, 6.45) is 1.63. The summed E-state index contributed by atoms with van der Waals surface area (Å²) in [5.41, 5.74) is 1.53. The molecule has 2 aromatic carbocycles. The van der Waals surface area contributed by atoms with Crippen LogP contribution in [0.5, 0.6) is 17.2 Å². The molecule has 2 aliphatic rings. The van der Waals surface area contributed by atoms with E-state index in [9.17, 15) is 9.59 Å². The first-order valence-corrected chi connectivity index (χ1v) is 8.01. The van der Waals surface area contributed by atoms with Gasteiger partial charge in [-0.05, 0) is 48.4 Å². The van der Waals surface area contributed by atoms with Gasteiger partial charge in [-0.25, -0.2) is 4.79 Å². The van der Waals surface area contributed by atoms with Crippen LogP contribution in [-0.4, -0.2) is 12.6 Å². The minimum Gasteiger partial charge on any atom is -0.454 e. The lowest BCUT2D eigenvalue weighted by molar-refractivity contribution is 0.101. The molecule has 6 heteroatoms. The molecule has 0 atom stereocenters. The molecule has 1 aromatic heterocycles. The van der Waals surface area contributed by atoms with Gasteiger partial charge < -0.3 is 18.6 Å². The van der Waals surface area contributed by atoms with Gasteiger partial charge in [0.15, 0.2) is 22.8 Å². The quantitative estimate of drug-likeness (QED) is 0.495. The highest BCUT2D eigenvalue weighted by Crippen LogP contribution is 2.38. The number of Topliss-reactive ketones (excluding diaryl/α,β-unsaturated/α-hetero) is 1. The van der Waals surface area contributed by atoms with Crippen LogP contribution in [0.1, 0.15) is 21.5 Å². The van der Waals surface area contributed by atoms with Crippen LogP contribution in [-0.2, 0) is 0 Å². The van der Waals surface area contributed by atoms with Gasteiger partial charge in [-0.15, -0.1) is 0 Å². The second kappa shape index (κ2) is 5.23. The maximum Gasteiger partial charge on any atom is 0.336 e. The molecule has 3 heterocycles. The van der Waals surface area contributed by atoms with Crippen molar-refractivity contribution in [2.45, 2.75) is 6.92 Å². The number of hydrogen-bond donors (Lipinski definition) is 0. The van der Waals surface area contributed by atoms with E-state index in [1.807, 2.05) is 6.07 Å². The van der Waals surface area contributed by atoms with Gasteiger partial charge in [0.2, 0.25) is 12.6 Å². The molecule has 0 saturated heterocycles. The molecule has 0 N–H and O–H groups in total. The van der Waals surface area contributed by atoms with Gasteiger partial charge in [-0.3, -0.25) is 4.79 Å². The summed E-state index contributed by atoms with van der Waals surface area (Å²) >= 11 is 0. The Morgan fingerprint density at radius 3 is 2.65 bits per heavy atom. The average Bonchev–Trinajstić information content (AvgIpc) is 3.19. The highest BCUT2D eigenvalue weighted by Gasteiger charge is 2.31. The zero-order valence-electron chi connectivity index (χ0n) is 13.7. The smallest absolute Gasteiger partial charge is 0.336 e. The van der Waals surface area contributed by atoms with Crippen molar-refractivity contribution in [3.8, 4) is 17.2 Å². The topological polar surface area (TPSA) is 75.0 Å². The molecule has 2 aliphatic heterocycles. The zero-order chi connectivity index (χ0) is 17.8. The van der Waals surface area contributed by atoms with Gasteiger partial charge in [0.25, 0.3) is 0 Å². The summed E-state index contributed by atoms with van der Waals surface area (Å²) in [6, 6.07) is 10.3. The van der Waals surface area contributed by atoms with E-state index >= 15 is 0 Å². The zero-order valence-corrected chi connectivity index (χ0v) is 13.7. The summed E-state index contributed by atoms with van der Waals surface area (Å²) in [5.74, 6) is 1.50. The maximum absolute atomic E-state index is 12.9. The number of hydrogen-bond acceptors (Lipinski definition) is 6. The van der Waals surface area contributed by atoms with E-state index < -0.39 is 5.63 Å². The summed E-state index contributed by atoms with van der Waals surface area (Å²) in [6.45, 7) is 1.98. The van der Waals surface area contributed by atoms with Crippen LogP contribution in [0.4, 0.5) is 0 Å². The van der Waals surface area contributed by atoms with E-state index in [4.69, 9.17) is 18.6 Å². The van der Waals surface area contributed by atoms with Crippen molar-refractivity contribution < 1.29 is 23.4 Å². The fourth-order valence-corrected chi connectivity index (χ4v) is 3.20. The number of allylic oxidation sites excluding steroid dienone is 1. The van der Waals surface area contributed by atoms with Gasteiger partial charge in [0, 0.05) is 11.5 Å². The van der Waals surface area contributed by atoms with E-state index in [1.165, 1.54) is 6.07 Å². The lowest BCUT2D eigenvalue weighted by Gasteiger charge is -2.03. The highest BCUT2D eigenvalue weighted by atomic mass is 16.7. The highest BCUT2D eigenvalue weighted by molar-refractivity contribution is 6.20. The average molecular weight is 348 g/mol. The molecule has 26 heavy (non-hydrogen) atoms. The van der Waals surface area contributed by atoms with E-state index in [1.54, 1.807) is 37.3 Å². The van der Waals surface area contributed by atoms with Crippen molar-refractivity contribution in [2.24, 2.45) is 0 Å². The summed E-state index contributed by atoms with van der Waals surface area (Å²) in [4.78, 5) is 24.6. The number of carbonyl (C=O) groups is 1. The van der Waals surface area contributed by atoms with Crippen molar-refractivity contribution in [3.05, 3.63) is 69.3 Å². The minimum absolute atomic E-state index is 0.163. The Bertz CT molecular complexity index is 1180. The van der Waals surface area contributed by atoms with E-state index in [0.717, 1.165) is 11.1 Å². The van der Waals surface area contributed by atoms with E-state index in [-0.39, 0.29) is 29.5 Å². The van der Waals surface area contributed by atoms with Crippen molar-refractivity contribution >= 4 is 22.8 Å². The number of rotatable bonds is 1. The molecular weight excluding hydrogens is 336 g/mol. The molecule has 0 fully saturated rings. The summed E-state index contributed by atoms with van der Waals surface area (Å²) in [5, 5.41) is 0.713. The lowest BCUT2D eigenvalue weighted by Crippen LogP contribution is -2.02. The molecule has 5 rings (SSSR count). The number of benzene rings is 2. The van der Waals surface area contributed by atoms with E-state index in [0.29, 0.717) is 22.6 Å². The van der Waals surface area contributed by atoms with Crippen LogP contribution in [0.3, 0.4) is 0 Å². The van der Waals surface area contributed by atoms with Crippen molar-refractivity contribution in [3.63, 3.8) is 0 Å². The van der Waals surface area contributed by atoms with Gasteiger partial charge in [-0.1, -0.05) is 6.07 Å². The Morgan fingerprint density at radius 2 is 1.77 bits per heavy atom. The van der Waals surface area contributed by atoms with Crippen LogP contribution in [0.25, 0.3) is 17.0 Å². The fraction of sp³-hybridized carbons (Fsp3) is 0.100. The third kappa shape index (κ3) is 2.12. The molecule has 3 aromatic rings. The SMILES string of the molecule is Cc1cc(=O)oc2c3c(ccc12)O/C(=C\c1ccc2c(c1)OCO2)C3=O.